The van der Waals surface area contributed by atoms with E-state index in [2.05, 4.69) is 76.2 Å². The minimum Gasteiger partial charge on any atom is -0.0651 e. The highest BCUT2D eigenvalue weighted by Crippen LogP contribution is 2.18. The van der Waals surface area contributed by atoms with Crippen LogP contribution in [0.25, 0.3) is 0 Å². The van der Waals surface area contributed by atoms with Gasteiger partial charge in [-0.25, -0.2) is 0 Å². The lowest BCUT2D eigenvalue weighted by atomic mass is 9.93. The Kier molecular flexibility index (Phi) is 24.3. The van der Waals surface area contributed by atoms with Crippen LogP contribution in [0.4, 0.5) is 0 Å². The summed E-state index contributed by atoms with van der Waals surface area (Å²) in [6.07, 6.45) is 9.55. The molecule has 144 valence electrons. The zero-order valence-electron chi connectivity index (χ0n) is 18.8. The standard InChI is InChI=1S/2C9H20.C5H12/c2*1-5-9(6-2)7-8(3)4;1-4-5(2)3/h2*8-9H,5-7H2,1-4H3;5H,4H2,1-3H3. The van der Waals surface area contributed by atoms with E-state index >= 15 is 0 Å². The Morgan fingerprint density at radius 2 is 0.609 bits per heavy atom. The summed E-state index contributed by atoms with van der Waals surface area (Å²) in [4.78, 5) is 0. The van der Waals surface area contributed by atoms with Crippen molar-refractivity contribution >= 4 is 0 Å². The third-order valence-corrected chi connectivity index (χ3v) is 4.74. The van der Waals surface area contributed by atoms with Gasteiger partial charge >= 0.3 is 0 Å². The van der Waals surface area contributed by atoms with Gasteiger partial charge in [-0.1, -0.05) is 108 Å². The summed E-state index contributed by atoms with van der Waals surface area (Å²) in [5, 5.41) is 0. The maximum Gasteiger partial charge on any atom is -0.0417 e. The van der Waals surface area contributed by atoms with Crippen LogP contribution >= 0.6 is 0 Å². The molecule has 0 nitrogen and oxygen atoms in total. The SMILES string of the molecule is CCC(C)C.CCC(CC)CC(C)C.CCC(CC)CC(C)C. The van der Waals surface area contributed by atoms with E-state index in [0.717, 1.165) is 29.6 Å². The van der Waals surface area contributed by atoms with Crippen LogP contribution in [0.1, 0.15) is 121 Å². The Bertz CT molecular complexity index is 164. The van der Waals surface area contributed by atoms with Gasteiger partial charge in [-0.3, -0.25) is 0 Å². The number of rotatable bonds is 9. The van der Waals surface area contributed by atoms with Gasteiger partial charge in [0, 0.05) is 0 Å². The molecule has 0 saturated heterocycles. The fourth-order valence-corrected chi connectivity index (χ4v) is 2.58. The predicted octanol–water partition coefficient (Wildman–Crippen LogP) is 8.99. The van der Waals surface area contributed by atoms with E-state index in [1.807, 2.05) is 0 Å². The Hall–Kier alpha value is 0. The summed E-state index contributed by atoms with van der Waals surface area (Å²) in [6.45, 7) is 25.0. The molecule has 0 heterocycles. The minimum atomic E-state index is 0.884. The van der Waals surface area contributed by atoms with Gasteiger partial charge in [-0.2, -0.15) is 0 Å². The highest BCUT2D eigenvalue weighted by atomic mass is 14.1. The second-order valence-electron chi connectivity index (χ2n) is 8.43. The summed E-state index contributed by atoms with van der Waals surface area (Å²) < 4.78 is 0. The molecule has 23 heavy (non-hydrogen) atoms. The second kappa shape index (κ2) is 20.0. The average Bonchev–Trinajstić information content (AvgIpc) is 2.50. The molecule has 0 spiro atoms. The zero-order chi connectivity index (χ0) is 18.8. The molecule has 0 aliphatic carbocycles. The van der Waals surface area contributed by atoms with Crippen molar-refractivity contribution in [3.8, 4) is 0 Å². The average molecular weight is 329 g/mol. The normalized spacial score (nSPS) is 11.0. The molecule has 0 N–H and O–H groups in total. The van der Waals surface area contributed by atoms with Gasteiger partial charge in [0.15, 0.2) is 0 Å². The minimum absolute atomic E-state index is 0.884. The van der Waals surface area contributed by atoms with Crippen LogP contribution in [0, 0.1) is 29.6 Å². The molecule has 0 aliphatic heterocycles. The molecule has 0 radical (unpaired) electrons. The van der Waals surface area contributed by atoms with E-state index < -0.39 is 0 Å². The molecule has 0 aromatic rings. The van der Waals surface area contributed by atoms with Gasteiger partial charge in [0.2, 0.25) is 0 Å². The summed E-state index contributed by atoms with van der Waals surface area (Å²) in [6, 6.07) is 0. The van der Waals surface area contributed by atoms with E-state index in [4.69, 9.17) is 0 Å². The maximum absolute atomic E-state index is 2.30. The highest BCUT2D eigenvalue weighted by Gasteiger charge is 2.05. The van der Waals surface area contributed by atoms with Crippen LogP contribution in [0.3, 0.4) is 0 Å². The van der Waals surface area contributed by atoms with E-state index in [-0.39, 0.29) is 0 Å². The van der Waals surface area contributed by atoms with E-state index in [9.17, 15) is 0 Å². The molecule has 0 rings (SSSR count). The first kappa shape index (κ1) is 27.8. The predicted molar refractivity (Wildman–Crippen MR) is 112 cm³/mol. The first-order valence-electron chi connectivity index (χ1n) is 10.7. The van der Waals surface area contributed by atoms with Crippen LogP contribution < -0.4 is 0 Å². The molecule has 0 bridgehead atoms. The first-order chi connectivity index (χ1) is 10.7. The fraction of sp³-hybridized carbons (Fsp3) is 1.00. The Labute approximate surface area is 151 Å². The third kappa shape index (κ3) is 27.2. The van der Waals surface area contributed by atoms with E-state index in [1.165, 1.54) is 44.9 Å². The molecule has 0 heteroatoms. The molecule has 0 unspecified atom stereocenters. The quantitative estimate of drug-likeness (QED) is 0.396. The second-order valence-corrected chi connectivity index (χ2v) is 8.43. The molecular weight excluding hydrogens is 276 g/mol. The fourth-order valence-electron chi connectivity index (χ4n) is 2.58. The summed E-state index contributed by atoms with van der Waals surface area (Å²) in [7, 11) is 0. The van der Waals surface area contributed by atoms with Crippen molar-refractivity contribution in [1.29, 1.82) is 0 Å². The van der Waals surface area contributed by atoms with Crippen LogP contribution in [-0.4, -0.2) is 0 Å². The number of hydrogen-bond acceptors (Lipinski definition) is 0. The van der Waals surface area contributed by atoms with Crippen LogP contribution in [0.5, 0.6) is 0 Å². The van der Waals surface area contributed by atoms with Crippen LogP contribution in [0.15, 0.2) is 0 Å². The van der Waals surface area contributed by atoms with Crippen LogP contribution in [-0.2, 0) is 0 Å². The van der Waals surface area contributed by atoms with Crippen molar-refractivity contribution in [2.75, 3.05) is 0 Å². The number of hydrogen-bond donors (Lipinski definition) is 0. The molecule has 0 fully saturated rings. The lowest BCUT2D eigenvalue weighted by Gasteiger charge is -2.13. The molecule has 0 aromatic heterocycles. The van der Waals surface area contributed by atoms with E-state index in [1.54, 1.807) is 0 Å². The van der Waals surface area contributed by atoms with Gasteiger partial charge < -0.3 is 0 Å². The zero-order valence-corrected chi connectivity index (χ0v) is 18.8. The van der Waals surface area contributed by atoms with Crippen molar-refractivity contribution in [1.82, 2.24) is 0 Å². The van der Waals surface area contributed by atoms with Gasteiger partial charge in [-0.15, -0.1) is 0 Å². The Morgan fingerprint density at radius 3 is 0.652 bits per heavy atom. The van der Waals surface area contributed by atoms with Crippen molar-refractivity contribution in [3.05, 3.63) is 0 Å². The van der Waals surface area contributed by atoms with Gasteiger partial charge in [0.1, 0.15) is 0 Å². The molecule has 0 atom stereocenters. The first-order valence-corrected chi connectivity index (χ1v) is 10.7. The highest BCUT2D eigenvalue weighted by molar-refractivity contribution is 4.57. The smallest absolute Gasteiger partial charge is 0.0417 e. The van der Waals surface area contributed by atoms with Crippen molar-refractivity contribution in [2.24, 2.45) is 29.6 Å². The van der Waals surface area contributed by atoms with E-state index in [0.29, 0.717) is 0 Å². The van der Waals surface area contributed by atoms with Gasteiger partial charge in [0.25, 0.3) is 0 Å². The third-order valence-electron chi connectivity index (χ3n) is 4.74. The lowest BCUT2D eigenvalue weighted by molar-refractivity contribution is 0.388. The largest absolute Gasteiger partial charge is 0.0651 e. The Morgan fingerprint density at radius 1 is 0.391 bits per heavy atom. The van der Waals surface area contributed by atoms with Crippen molar-refractivity contribution < 1.29 is 0 Å². The molecule has 0 amide bonds. The molecule has 0 saturated carbocycles. The van der Waals surface area contributed by atoms with Crippen molar-refractivity contribution in [2.45, 2.75) is 121 Å². The topological polar surface area (TPSA) is 0 Å². The molecular formula is C23H52. The Balaban J connectivity index is -0.000000273. The summed E-state index contributed by atoms with van der Waals surface area (Å²) in [5.41, 5.74) is 0. The van der Waals surface area contributed by atoms with Crippen LogP contribution in [0.2, 0.25) is 0 Å². The van der Waals surface area contributed by atoms with Gasteiger partial charge in [-0.05, 0) is 42.4 Å². The maximum atomic E-state index is 2.30. The lowest BCUT2D eigenvalue weighted by Crippen LogP contribution is -2.00. The monoisotopic (exact) mass is 328 g/mol. The summed E-state index contributed by atoms with van der Waals surface area (Å²) >= 11 is 0. The molecule has 0 aliphatic rings. The van der Waals surface area contributed by atoms with Gasteiger partial charge in [0.05, 0.1) is 0 Å². The summed E-state index contributed by atoms with van der Waals surface area (Å²) in [5.74, 6) is 4.61. The van der Waals surface area contributed by atoms with Crippen molar-refractivity contribution in [3.63, 3.8) is 0 Å². The molecule has 0 aromatic carbocycles.